The number of aromatic nitrogens is 2. The van der Waals surface area contributed by atoms with Gasteiger partial charge < -0.3 is 25.1 Å². The molecule has 0 radical (unpaired) electrons. The first-order valence-electron chi connectivity index (χ1n) is 9.75. The van der Waals surface area contributed by atoms with Crippen LogP contribution in [0.5, 0.6) is 0 Å². The van der Waals surface area contributed by atoms with E-state index in [1.807, 2.05) is 0 Å². The van der Waals surface area contributed by atoms with Crippen LogP contribution in [0, 0.1) is 11.7 Å². The predicted octanol–water partition coefficient (Wildman–Crippen LogP) is -1.20. The van der Waals surface area contributed by atoms with E-state index in [4.69, 9.17) is 19.9 Å². The molecule has 13 heteroatoms. The summed E-state index contributed by atoms with van der Waals surface area (Å²) in [6.07, 6.45) is -2.65. The van der Waals surface area contributed by atoms with Crippen LogP contribution < -0.4 is 17.0 Å². The number of esters is 2. The zero-order valence-corrected chi connectivity index (χ0v) is 18.1. The van der Waals surface area contributed by atoms with E-state index in [2.05, 4.69) is 0 Å². The monoisotopic (exact) mass is 459 g/mol. The van der Waals surface area contributed by atoms with Crippen molar-refractivity contribution in [1.82, 2.24) is 9.13 Å². The lowest BCUT2D eigenvalue weighted by molar-refractivity contribution is -0.157. The minimum Gasteiger partial charge on any atom is -0.463 e. The number of nitrogens with two attached hydrogens (primary N) is 1. The first kappa shape index (κ1) is 25.4. The van der Waals surface area contributed by atoms with Gasteiger partial charge in [0.05, 0.1) is 6.20 Å². The number of ether oxygens (including phenoxy) is 3. The Morgan fingerprint density at radius 3 is 2.47 bits per heavy atom. The van der Waals surface area contributed by atoms with Gasteiger partial charge in [0.15, 0.2) is 18.1 Å². The third-order valence-corrected chi connectivity index (χ3v) is 5.18. The maximum Gasteiger partial charge on any atom is 0.336 e. The molecule has 32 heavy (non-hydrogen) atoms. The summed E-state index contributed by atoms with van der Waals surface area (Å²) in [5.41, 5.74) is 1.04. The van der Waals surface area contributed by atoms with Gasteiger partial charge in [0, 0.05) is 13.3 Å². The van der Waals surface area contributed by atoms with Gasteiger partial charge in [-0.2, -0.15) is 4.39 Å². The molecule has 2 heterocycles. The summed E-state index contributed by atoms with van der Waals surface area (Å²) in [5, 5.41) is 10.7. The van der Waals surface area contributed by atoms with Crippen LogP contribution in [0.25, 0.3) is 0 Å². The van der Waals surface area contributed by atoms with Crippen LogP contribution in [0.2, 0.25) is 0 Å². The fraction of sp³-hybridized carbons (Fsp3) is 0.632. The molecular weight excluding hydrogens is 433 g/mol. The lowest BCUT2D eigenvalue weighted by atomic mass is 9.91. The Kier molecular flexibility index (Phi) is 7.70. The van der Waals surface area contributed by atoms with Crippen molar-refractivity contribution in [2.45, 2.75) is 64.8 Å². The van der Waals surface area contributed by atoms with Gasteiger partial charge in [-0.15, -0.1) is 0 Å². The fourth-order valence-corrected chi connectivity index (χ4v) is 3.06. The van der Waals surface area contributed by atoms with Crippen molar-refractivity contribution >= 4 is 17.7 Å². The highest BCUT2D eigenvalue weighted by Gasteiger charge is 2.52. The summed E-state index contributed by atoms with van der Waals surface area (Å²) in [4.78, 5) is 59.9. The molecule has 0 aromatic carbocycles. The van der Waals surface area contributed by atoms with Crippen molar-refractivity contribution in [1.29, 1.82) is 0 Å². The highest BCUT2D eigenvalue weighted by Crippen LogP contribution is 2.37. The number of carbonyl (C=O) groups is 3. The SMILES string of the molecule is CC(=O)OC[C@H]1O[C@@H](n2cc(F)c(=O)n(COC(=O)[C@@H](N)C(C)C)c2=O)C[C@@]1(O)C(C)=O. The zero-order chi connectivity index (χ0) is 24.4. The Bertz CT molecular complexity index is 1020. The number of halogens is 1. The largest absolute Gasteiger partial charge is 0.463 e. The average molecular weight is 459 g/mol. The maximum absolute atomic E-state index is 14.3. The van der Waals surface area contributed by atoms with E-state index < -0.39 is 78.5 Å². The highest BCUT2D eigenvalue weighted by molar-refractivity contribution is 5.85. The minimum atomic E-state index is -2.13. The molecule has 0 spiro atoms. The van der Waals surface area contributed by atoms with Crippen molar-refractivity contribution in [2.75, 3.05) is 6.61 Å². The molecule has 1 aliphatic rings. The van der Waals surface area contributed by atoms with E-state index in [0.29, 0.717) is 15.3 Å². The lowest BCUT2D eigenvalue weighted by Gasteiger charge is -2.24. The molecule has 0 saturated carbocycles. The number of rotatable bonds is 8. The van der Waals surface area contributed by atoms with Gasteiger partial charge in [0.1, 0.15) is 25.0 Å². The standard InChI is InChI=1S/C19H26FN3O9/c1-9(2)15(21)17(27)31-8-23-16(26)12(20)6-22(18(23)28)14-5-19(29,10(3)24)13(32-14)7-30-11(4)25/h6,9,13-15,29H,5,7-8,21H2,1-4H3/t13-,14-,15+,19-/m1/s1. The topological polar surface area (TPSA) is 169 Å². The number of Topliss-reactive ketones (excluding diaryl/α,β-unsaturated/α-hetero) is 1. The van der Waals surface area contributed by atoms with Gasteiger partial charge in [-0.3, -0.25) is 23.7 Å². The van der Waals surface area contributed by atoms with Crippen LogP contribution in [0.15, 0.2) is 15.8 Å². The molecule has 0 unspecified atom stereocenters. The van der Waals surface area contributed by atoms with E-state index in [-0.39, 0.29) is 5.92 Å². The van der Waals surface area contributed by atoms with Gasteiger partial charge in [0.2, 0.25) is 5.82 Å². The molecule has 0 amide bonds. The predicted molar refractivity (Wildman–Crippen MR) is 105 cm³/mol. The molecule has 1 saturated heterocycles. The quantitative estimate of drug-likeness (QED) is 0.450. The molecule has 3 N–H and O–H groups in total. The number of ketones is 1. The number of hydrogen-bond acceptors (Lipinski definition) is 10. The fourth-order valence-electron chi connectivity index (χ4n) is 3.06. The number of hydrogen-bond donors (Lipinski definition) is 2. The summed E-state index contributed by atoms with van der Waals surface area (Å²) >= 11 is 0. The number of carbonyl (C=O) groups excluding carboxylic acids is 3. The van der Waals surface area contributed by atoms with Crippen LogP contribution >= 0.6 is 0 Å². The van der Waals surface area contributed by atoms with Crippen LogP contribution in [-0.2, 0) is 35.3 Å². The second-order valence-electron chi connectivity index (χ2n) is 7.83. The zero-order valence-electron chi connectivity index (χ0n) is 18.1. The number of aliphatic hydroxyl groups is 1. The van der Waals surface area contributed by atoms with Gasteiger partial charge in [-0.1, -0.05) is 13.8 Å². The van der Waals surface area contributed by atoms with E-state index >= 15 is 0 Å². The highest BCUT2D eigenvalue weighted by atomic mass is 19.1. The summed E-state index contributed by atoms with van der Waals surface area (Å²) < 4.78 is 30.4. The van der Waals surface area contributed by atoms with Gasteiger partial charge in [0.25, 0.3) is 5.56 Å². The Morgan fingerprint density at radius 2 is 1.94 bits per heavy atom. The molecule has 1 fully saturated rings. The minimum absolute atomic E-state index is 0.284. The van der Waals surface area contributed by atoms with Gasteiger partial charge >= 0.3 is 17.6 Å². The molecule has 2 rings (SSSR count). The first-order chi connectivity index (χ1) is 14.8. The van der Waals surface area contributed by atoms with Crippen molar-refractivity contribution in [3.8, 4) is 0 Å². The number of nitrogens with zero attached hydrogens (tertiary/aromatic N) is 2. The van der Waals surface area contributed by atoms with Crippen molar-refractivity contribution in [3.05, 3.63) is 32.9 Å². The summed E-state index contributed by atoms with van der Waals surface area (Å²) in [6.45, 7) is 4.11. The molecule has 0 aliphatic carbocycles. The summed E-state index contributed by atoms with van der Waals surface area (Å²) in [5.74, 6) is -3.97. The smallest absolute Gasteiger partial charge is 0.336 e. The average Bonchev–Trinajstić information content (AvgIpc) is 3.05. The summed E-state index contributed by atoms with van der Waals surface area (Å²) in [7, 11) is 0. The lowest BCUT2D eigenvalue weighted by Crippen LogP contribution is -2.47. The second-order valence-corrected chi connectivity index (χ2v) is 7.83. The molecular formula is C19H26FN3O9. The van der Waals surface area contributed by atoms with Crippen LogP contribution in [0.3, 0.4) is 0 Å². The molecule has 0 bridgehead atoms. The van der Waals surface area contributed by atoms with Crippen LogP contribution in [-0.4, -0.2) is 56.3 Å². The molecule has 1 aliphatic heterocycles. The first-order valence-corrected chi connectivity index (χ1v) is 9.75. The second kappa shape index (κ2) is 9.71. The normalized spacial score (nSPS) is 23.8. The maximum atomic E-state index is 14.3. The van der Waals surface area contributed by atoms with Crippen LogP contribution in [0.1, 0.15) is 40.3 Å². The Morgan fingerprint density at radius 1 is 1.31 bits per heavy atom. The van der Waals surface area contributed by atoms with E-state index in [1.165, 1.54) is 0 Å². The Labute approximate surface area is 181 Å². The van der Waals surface area contributed by atoms with Crippen molar-refractivity contribution < 1.29 is 38.1 Å². The van der Waals surface area contributed by atoms with Gasteiger partial charge in [-0.05, 0) is 12.8 Å². The van der Waals surface area contributed by atoms with Crippen molar-refractivity contribution in [3.63, 3.8) is 0 Å². The molecule has 178 valence electrons. The summed E-state index contributed by atoms with van der Waals surface area (Å²) in [6, 6.07) is -1.02. The molecule has 4 atom stereocenters. The van der Waals surface area contributed by atoms with Crippen molar-refractivity contribution in [2.24, 2.45) is 11.7 Å². The Balaban J connectivity index is 2.37. The third-order valence-electron chi connectivity index (χ3n) is 5.18. The van der Waals surface area contributed by atoms with E-state index in [0.717, 1.165) is 13.8 Å². The van der Waals surface area contributed by atoms with Crippen LogP contribution in [0.4, 0.5) is 4.39 Å². The molecule has 1 aromatic rings. The van der Waals surface area contributed by atoms with Gasteiger partial charge in [-0.25, -0.2) is 9.36 Å². The Hall–Kier alpha value is -2.90. The van der Waals surface area contributed by atoms with E-state index in [9.17, 15) is 33.5 Å². The molecule has 1 aromatic heterocycles. The molecule has 12 nitrogen and oxygen atoms in total. The third kappa shape index (κ3) is 5.11. The van der Waals surface area contributed by atoms with E-state index in [1.54, 1.807) is 13.8 Å².